The van der Waals surface area contributed by atoms with Gasteiger partial charge in [-0.15, -0.1) is 0 Å². The fourth-order valence-corrected chi connectivity index (χ4v) is 1.85. The number of methoxy groups -OCH3 is 1. The van der Waals surface area contributed by atoms with E-state index in [1.54, 1.807) is 7.11 Å². The zero-order chi connectivity index (χ0) is 11.5. The van der Waals surface area contributed by atoms with Gasteiger partial charge in [-0.25, -0.2) is 0 Å². The van der Waals surface area contributed by atoms with Crippen molar-refractivity contribution in [3.63, 3.8) is 0 Å². The number of nitrogens with one attached hydrogen (secondary N) is 1. The second-order valence-electron chi connectivity index (χ2n) is 3.51. The summed E-state index contributed by atoms with van der Waals surface area (Å²) in [4.78, 5) is 3.17. The molecule has 1 N–H and O–H groups in total. The molecular formula is C12H14N2OS. The molecule has 0 spiro atoms. The first-order valence-corrected chi connectivity index (χ1v) is 5.60. The summed E-state index contributed by atoms with van der Waals surface area (Å²) in [5, 5.41) is 0. The Labute approximate surface area is 99.7 Å². The van der Waals surface area contributed by atoms with Gasteiger partial charge >= 0.3 is 0 Å². The van der Waals surface area contributed by atoms with Crippen LogP contribution in [-0.4, -0.2) is 16.7 Å². The Kier molecular flexibility index (Phi) is 3.10. The van der Waals surface area contributed by atoms with E-state index in [2.05, 4.69) is 11.9 Å². The van der Waals surface area contributed by atoms with Crippen molar-refractivity contribution in [3.8, 4) is 11.4 Å². The fourth-order valence-electron chi connectivity index (χ4n) is 1.56. The van der Waals surface area contributed by atoms with Crippen LogP contribution in [0.4, 0.5) is 0 Å². The molecule has 16 heavy (non-hydrogen) atoms. The van der Waals surface area contributed by atoms with E-state index < -0.39 is 0 Å². The summed E-state index contributed by atoms with van der Waals surface area (Å²) in [6, 6.07) is 7.83. The number of aromatic nitrogens is 2. The van der Waals surface area contributed by atoms with Crippen LogP contribution in [0.5, 0.6) is 5.75 Å². The van der Waals surface area contributed by atoms with E-state index in [-0.39, 0.29) is 0 Å². The highest BCUT2D eigenvalue weighted by atomic mass is 32.1. The van der Waals surface area contributed by atoms with Crippen LogP contribution < -0.4 is 4.74 Å². The van der Waals surface area contributed by atoms with Gasteiger partial charge in [0.05, 0.1) is 7.11 Å². The maximum absolute atomic E-state index is 5.26. The van der Waals surface area contributed by atoms with E-state index >= 15 is 0 Å². The number of hydrogen-bond acceptors (Lipinski definition) is 2. The summed E-state index contributed by atoms with van der Waals surface area (Å²) >= 11 is 5.26. The Hall–Kier alpha value is -1.55. The van der Waals surface area contributed by atoms with E-state index in [1.165, 1.54) is 0 Å². The quantitative estimate of drug-likeness (QED) is 0.827. The van der Waals surface area contributed by atoms with Crippen LogP contribution >= 0.6 is 12.2 Å². The molecule has 0 aliphatic rings. The lowest BCUT2D eigenvalue weighted by Gasteiger charge is -2.03. The molecule has 0 unspecified atom stereocenters. The zero-order valence-corrected chi connectivity index (χ0v) is 10.2. The van der Waals surface area contributed by atoms with E-state index in [1.807, 2.05) is 35.0 Å². The number of rotatable bonds is 3. The van der Waals surface area contributed by atoms with Crippen LogP contribution in [0.25, 0.3) is 5.69 Å². The van der Waals surface area contributed by atoms with Crippen LogP contribution in [-0.2, 0) is 6.42 Å². The Morgan fingerprint density at radius 1 is 1.31 bits per heavy atom. The molecule has 84 valence electrons. The first-order chi connectivity index (χ1) is 7.74. The standard InChI is InChI=1S/C12H14N2OS/c1-3-9-8-14(12(16)13-9)10-4-6-11(15-2)7-5-10/h4-8H,3H2,1-2H3,(H,13,16). The lowest BCUT2D eigenvalue weighted by molar-refractivity contribution is 0.414. The number of imidazole rings is 1. The second-order valence-corrected chi connectivity index (χ2v) is 3.89. The summed E-state index contributed by atoms with van der Waals surface area (Å²) < 4.78 is 7.81. The predicted octanol–water partition coefficient (Wildman–Crippen LogP) is 3.11. The Morgan fingerprint density at radius 3 is 2.50 bits per heavy atom. The molecule has 0 aliphatic heterocycles. The highest BCUT2D eigenvalue weighted by Gasteiger charge is 2.01. The van der Waals surface area contributed by atoms with E-state index in [0.29, 0.717) is 0 Å². The molecule has 1 aromatic carbocycles. The number of H-pyrrole nitrogens is 1. The van der Waals surface area contributed by atoms with Crippen molar-refractivity contribution < 1.29 is 4.74 Å². The van der Waals surface area contributed by atoms with Gasteiger partial charge in [-0.1, -0.05) is 6.92 Å². The Bertz CT molecular complexity index is 525. The molecule has 1 aromatic heterocycles. The van der Waals surface area contributed by atoms with Gasteiger partial charge < -0.3 is 9.72 Å². The predicted molar refractivity (Wildman–Crippen MR) is 66.9 cm³/mol. The summed E-state index contributed by atoms with van der Waals surface area (Å²) in [5.74, 6) is 0.849. The highest BCUT2D eigenvalue weighted by molar-refractivity contribution is 7.71. The smallest absolute Gasteiger partial charge is 0.181 e. The maximum atomic E-state index is 5.26. The van der Waals surface area contributed by atoms with Crippen molar-refractivity contribution in [2.24, 2.45) is 0 Å². The van der Waals surface area contributed by atoms with Crippen molar-refractivity contribution >= 4 is 12.2 Å². The minimum atomic E-state index is 0.724. The monoisotopic (exact) mass is 234 g/mol. The van der Waals surface area contributed by atoms with Crippen molar-refractivity contribution in [1.29, 1.82) is 0 Å². The molecule has 2 aromatic rings. The topological polar surface area (TPSA) is 29.9 Å². The van der Waals surface area contributed by atoms with Gasteiger partial charge in [0.15, 0.2) is 4.77 Å². The molecule has 0 aliphatic carbocycles. The van der Waals surface area contributed by atoms with Gasteiger partial charge in [-0.3, -0.25) is 4.57 Å². The molecule has 0 saturated heterocycles. The lowest BCUT2D eigenvalue weighted by atomic mass is 10.3. The SMILES string of the molecule is CCc1cn(-c2ccc(OC)cc2)c(=S)[nH]1. The van der Waals surface area contributed by atoms with Crippen LogP contribution in [0.15, 0.2) is 30.5 Å². The lowest BCUT2D eigenvalue weighted by Crippen LogP contribution is -1.92. The third kappa shape index (κ3) is 2.02. The van der Waals surface area contributed by atoms with Gasteiger partial charge in [0.25, 0.3) is 0 Å². The maximum Gasteiger partial charge on any atom is 0.181 e. The van der Waals surface area contributed by atoms with Crippen LogP contribution in [0, 0.1) is 4.77 Å². The molecule has 0 saturated carbocycles. The van der Waals surface area contributed by atoms with E-state index in [0.717, 1.165) is 28.3 Å². The van der Waals surface area contributed by atoms with Crippen LogP contribution in [0.1, 0.15) is 12.6 Å². The molecule has 1 heterocycles. The third-order valence-electron chi connectivity index (χ3n) is 2.50. The summed E-state index contributed by atoms with van der Waals surface area (Å²) in [5.41, 5.74) is 2.18. The first-order valence-electron chi connectivity index (χ1n) is 5.19. The zero-order valence-electron chi connectivity index (χ0n) is 9.36. The Morgan fingerprint density at radius 2 is 2.00 bits per heavy atom. The minimum absolute atomic E-state index is 0.724. The summed E-state index contributed by atoms with van der Waals surface area (Å²) in [6.45, 7) is 2.10. The molecule has 0 bridgehead atoms. The fraction of sp³-hybridized carbons (Fsp3) is 0.250. The second kappa shape index (κ2) is 4.53. The van der Waals surface area contributed by atoms with Gasteiger partial charge in [-0.2, -0.15) is 0 Å². The molecule has 2 rings (SSSR count). The molecule has 3 nitrogen and oxygen atoms in total. The van der Waals surface area contributed by atoms with Gasteiger partial charge in [0.1, 0.15) is 5.75 Å². The number of aromatic amines is 1. The van der Waals surface area contributed by atoms with Crippen LogP contribution in [0.2, 0.25) is 0 Å². The molecular weight excluding hydrogens is 220 g/mol. The largest absolute Gasteiger partial charge is 0.497 e. The number of benzene rings is 1. The molecule has 0 amide bonds. The molecule has 0 radical (unpaired) electrons. The Balaban J connectivity index is 2.42. The van der Waals surface area contributed by atoms with Crippen LogP contribution in [0.3, 0.4) is 0 Å². The molecule has 0 fully saturated rings. The average Bonchev–Trinajstić information content (AvgIpc) is 2.71. The third-order valence-corrected chi connectivity index (χ3v) is 2.80. The van der Waals surface area contributed by atoms with Gasteiger partial charge in [0.2, 0.25) is 0 Å². The van der Waals surface area contributed by atoms with Crippen molar-refractivity contribution in [1.82, 2.24) is 9.55 Å². The number of ether oxygens (including phenoxy) is 1. The number of hydrogen-bond donors (Lipinski definition) is 1. The number of nitrogens with zero attached hydrogens (tertiary/aromatic N) is 1. The van der Waals surface area contributed by atoms with E-state index in [4.69, 9.17) is 17.0 Å². The van der Waals surface area contributed by atoms with Crippen molar-refractivity contribution in [3.05, 3.63) is 40.9 Å². The molecule has 0 atom stereocenters. The summed E-state index contributed by atoms with van der Waals surface area (Å²) in [6.07, 6.45) is 2.98. The minimum Gasteiger partial charge on any atom is -0.497 e. The van der Waals surface area contributed by atoms with Gasteiger partial charge in [0, 0.05) is 17.6 Å². The average molecular weight is 234 g/mol. The van der Waals surface area contributed by atoms with Gasteiger partial charge in [-0.05, 0) is 42.9 Å². The first kappa shape index (κ1) is 11.0. The normalized spacial score (nSPS) is 10.4. The van der Waals surface area contributed by atoms with Crippen molar-refractivity contribution in [2.45, 2.75) is 13.3 Å². The van der Waals surface area contributed by atoms with E-state index in [9.17, 15) is 0 Å². The summed E-state index contributed by atoms with van der Waals surface area (Å²) in [7, 11) is 1.66. The molecule has 4 heteroatoms. The van der Waals surface area contributed by atoms with Crippen molar-refractivity contribution in [2.75, 3.05) is 7.11 Å². The highest BCUT2D eigenvalue weighted by Crippen LogP contribution is 2.16. The number of aryl methyl sites for hydroxylation is 1.